The van der Waals surface area contributed by atoms with Gasteiger partial charge in [0, 0.05) is 29.7 Å². The molecule has 0 spiro atoms. The van der Waals surface area contributed by atoms with Crippen molar-refractivity contribution < 1.29 is 14.3 Å². The summed E-state index contributed by atoms with van der Waals surface area (Å²) in [5, 5.41) is 13.9. The Morgan fingerprint density at radius 3 is 2.47 bits per heavy atom. The SMILES string of the molecule is CCOc1ccc2c(C#N)c(-c3ccc(NC(=O)OC(C)CN(CC)CC)cc3)n(C3CCC3)c2c1. The van der Waals surface area contributed by atoms with Crippen LogP contribution in [0.3, 0.4) is 0 Å². The van der Waals surface area contributed by atoms with E-state index < -0.39 is 6.09 Å². The zero-order valence-corrected chi connectivity index (χ0v) is 21.7. The number of hydrogen-bond acceptors (Lipinski definition) is 5. The first-order chi connectivity index (χ1) is 17.5. The Bertz CT molecular complexity index is 1230. The van der Waals surface area contributed by atoms with E-state index in [4.69, 9.17) is 9.47 Å². The monoisotopic (exact) mass is 488 g/mol. The van der Waals surface area contributed by atoms with Gasteiger partial charge in [0.05, 0.1) is 23.4 Å². The maximum atomic E-state index is 12.4. The molecular formula is C29H36N4O3. The van der Waals surface area contributed by atoms with Crippen molar-refractivity contribution in [3.8, 4) is 23.1 Å². The summed E-state index contributed by atoms with van der Waals surface area (Å²) in [5.41, 5.74) is 4.23. The number of amides is 1. The third-order valence-corrected chi connectivity index (χ3v) is 6.96. The predicted octanol–water partition coefficient (Wildman–Crippen LogP) is 6.58. The number of fused-ring (bicyclic) bond motifs is 1. The van der Waals surface area contributed by atoms with Gasteiger partial charge in [-0.25, -0.2) is 4.79 Å². The third-order valence-electron chi connectivity index (χ3n) is 6.96. The van der Waals surface area contributed by atoms with Gasteiger partial charge in [0.15, 0.2) is 0 Å². The highest BCUT2D eigenvalue weighted by atomic mass is 16.6. The lowest BCUT2D eigenvalue weighted by Gasteiger charge is -2.30. The van der Waals surface area contributed by atoms with Crippen molar-refractivity contribution >= 4 is 22.7 Å². The number of ether oxygens (including phenoxy) is 2. The molecule has 1 aliphatic carbocycles. The molecule has 2 aromatic carbocycles. The van der Waals surface area contributed by atoms with E-state index in [0.29, 0.717) is 30.4 Å². The van der Waals surface area contributed by atoms with Crippen molar-refractivity contribution in [3.05, 3.63) is 48.0 Å². The second-order valence-corrected chi connectivity index (χ2v) is 9.31. The zero-order valence-electron chi connectivity index (χ0n) is 21.7. The molecule has 0 radical (unpaired) electrons. The van der Waals surface area contributed by atoms with E-state index in [1.807, 2.05) is 56.3 Å². The minimum absolute atomic E-state index is 0.206. The predicted molar refractivity (Wildman–Crippen MR) is 143 cm³/mol. The fraction of sp³-hybridized carbons (Fsp3) is 0.448. The Labute approximate surface area is 213 Å². The highest BCUT2D eigenvalue weighted by Crippen LogP contribution is 2.43. The van der Waals surface area contributed by atoms with Crippen molar-refractivity contribution in [1.82, 2.24) is 9.47 Å². The van der Waals surface area contributed by atoms with Crippen LogP contribution in [-0.4, -0.2) is 47.9 Å². The normalized spacial score (nSPS) is 14.3. The van der Waals surface area contributed by atoms with E-state index in [0.717, 1.165) is 53.8 Å². The van der Waals surface area contributed by atoms with Gasteiger partial charge >= 0.3 is 6.09 Å². The zero-order chi connectivity index (χ0) is 25.7. The third kappa shape index (κ3) is 5.34. The summed E-state index contributed by atoms with van der Waals surface area (Å²) >= 11 is 0. The average Bonchev–Trinajstić information content (AvgIpc) is 3.15. The number of hydrogen-bond donors (Lipinski definition) is 1. The molecule has 1 fully saturated rings. The van der Waals surface area contributed by atoms with Crippen LogP contribution in [0.15, 0.2) is 42.5 Å². The Kier molecular flexibility index (Phi) is 8.17. The van der Waals surface area contributed by atoms with Crippen LogP contribution in [0, 0.1) is 11.3 Å². The van der Waals surface area contributed by atoms with Gasteiger partial charge < -0.3 is 18.9 Å². The summed E-state index contributed by atoms with van der Waals surface area (Å²) in [5.74, 6) is 0.812. The number of anilines is 1. The molecule has 1 heterocycles. The van der Waals surface area contributed by atoms with Gasteiger partial charge in [-0.15, -0.1) is 0 Å². The molecule has 1 unspecified atom stereocenters. The summed E-state index contributed by atoms with van der Waals surface area (Å²) in [6, 6.07) is 16.4. The molecule has 4 rings (SSSR count). The molecule has 1 amide bonds. The van der Waals surface area contributed by atoms with Gasteiger partial charge in [0.25, 0.3) is 0 Å². The molecule has 3 aromatic rings. The maximum absolute atomic E-state index is 12.4. The Hall–Kier alpha value is -3.50. The molecule has 1 saturated carbocycles. The molecular weight excluding hydrogens is 452 g/mol. The largest absolute Gasteiger partial charge is 0.494 e. The highest BCUT2D eigenvalue weighted by Gasteiger charge is 2.28. The van der Waals surface area contributed by atoms with Crippen molar-refractivity contribution in [2.45, 2.75) is 59.1 Å². The first-order valence-corrected chi connectivity index (χ1v) is 13.0. The molecule has 0 bridgehead atoms. The standard InChI is InChI=1S/C29H36N4O3/c1-5-32(6-2)19-20(4)36-29(34)31-22-13-11-21(12-14-22)28-26(18-30)25-16-15-24(35-7-3)17-27(25)33(28)23-9-8-10-23/h11-17,20,23H,5-10,19H2,1-4H3,(H,31,34). The minimum atomic E-state index is -0.466. The number of carbonyl (C=O) groups is 1. The number of rotatable bonds is 10. The van der Waals surface area contributed by atoms with Gasteiger partial charge in [0.1, 0.15) is 17.9 Å². The molecule has 0 aliphatic heterocycles. The van der Waals surface area contributed by atoms with E-state index in [1.165, 1.54) is 6.42 Å². The molecule has 36 heavy (non-hydrogen) atoms. The molecule has 1 N–H and O–H groups in total. The molecule has 7 nitrogen and oxygen atoms in total. The van der Waals surface area contributed by atoms with Crippen molar-refractivity contribution in [1.29, 1.82) is 5.26 Å². The number of benzene rings is 2. The summed E-state index contributed by atoms with van der Waals surface area (Å²) < 4.78 is 13.6. The second-order valence-electron chi connectivity index (χ2n) is 9.31. The first-order valence-electron chi connectivity index (χ1n) is 13.0. The van der Waals surface area contributed by atoms with Gasteiger partial charge in [-0.1, -0.05) is 26.0 Å². The van der Waals surface area contributed by atoms with Crippen LogP contribution in [0.1, 0.15) is 58.6 Å². The first kappa shape index (κ1) is 25.6. The summed E-state index contributed by atoms with van der Waals surface area (Å²) in [7, 11) is 0. The minimum Gasteiger partial charge on any atom is -0.494 e. The summed E-state index contributed by atoms with van der Waals surface area (Å²) in [6.45, 7) is 11.2. The molecule has 0 saturated heterocycles. The summed E-state index contributed by atoms with van der Waals surface area (Å²) in [6.07, 6.45) is 2.71. The van der Waals surface area contributed by atoms with Gasteiger partial charge in [-0.05, 0) is 76.0 Å². The van der Waals surface area contributed by atoms with Crippen molar-refractivity contribution in [3.63, 3.8) is 0 Å². The number of carbonyl (C=O) groups excluding carboxylic acids is 1. The van der Waals surface area contributed by atoms with E-state index in [2.05, 4.69) is 34.7 Å². The van der Waals surface area contributed by atoms with Crippen LogP contribution < -0.4 is 10.1 Å². The van der Waals surface area contributed by atoms with Crippen LogP contribution in [-0.2, 0) is 4.74 Å². The number of likely N-dealkylation sites (N-methyl/N-ethyl adjacent to an activating group) is 1. The van der Waals surface area contributed by atoms with Gasteiger partial charge in [-0.2, -0.15) is 5.26 Å². The average molecular weight is 489 g/mol. The number of nitriles is 1. The highest BCUT2D eigenvalue weighted by molar-refractivity contribution is 5.96. The molecule has 1 aliphatic rings. The van der Waals surface area contributed by atoms with Crippen molar-refractivity contribution in [2.75, 3.05) is 31.6 Å². The van der Waals surface area contributed by atoms with Crippen LogP contribution in [0.25, 0.3) is 22.2 Å². The van der Waals surface area contributed by atoms with E-state index >= 15 is 0 Å². The number of nitrogens with one attached hydrogen (secondary N) is 1. The van der Waals surface area contributed by atoms with Crippen molar-refractivity contribution in [2.24, 2.45) is 0 Å². The fourth-order valence-electron chi connectivity index (χ4n) is 4.89. The lowest BCUT2D eigenvalue weighted by Crippen LogP contribution is -2.34. The van der Waals surface area contributed by atoms with E-state index in [9.17, 15) is 10.1 Å². The molecule has 1 atom stereocenters. The molecule has 1 aromatic heterocycles. The lowest BCUT2D eigenvalue weighted by atomic mass is 9.92. The lowest BCUT2D eigenvalue weighted by molar-refractivity contribution is 0.0929. The van der Waals surface area contributed by atoms with Crippen LogP contribution >= 0.6 is 0 Å². The molecule has 7 heteroatoms. The van der Waals surface area contributed by atoms with Crippen LogP contribution in [0.4, 0.5) is 10.5 Å². The molecule has 190 valence electrons. The van der Waals surface area contributed by atoms with E-state index in [1.54, 1.807) is 0 Å². The Morgan fingerprint density at radius 2 is 1.89 bits per heavy atom. The van der Waals surface area contributed by atoms with Gasteiger partial charge in [-0.3, -0.25) is 5.32 Å². The van der Waals surface area contributed by atoms with E-state index in [-0.39, 0.29) is 6.10 Å². The Balaban J connectivity index is 1.59. The number of nitrogens with zero attached hydrogens (tertiary/aromatic N) is 3. The fourth-order valence-corrected chi connectivity index (χ4v) is 4.89. The smallest absolute Gasteiger partial charge is 0.411 e. The quantitative estimate of drug-likeness (QED) is 0.349. The van der Waals surface area contributed by atoms with Crippen LogP contribution in [0.5, 0.6) is 5.75 Å². The van der Waals surface area contributed by atoms with Crippen LogP contribution in [0.2, 0.25) is 0 Å². The topological polar surface area (TPSA) is 79.5 Å². The second kappa shape index (κ2) is 11.5. The van der Waals surface area contributed by atoms with Gasteiger partial charge in [0.2, 0.25) is 0 Å². The summed E-state index contributed by atoms with van der Waals surface area (Å²) in [4.78, 5) is 14.6. The Morgan fingerprint density at radius 1 is 1.17 bits per heavy atom. The number of aromatic nitrogens is 1. The maximum Gasteiger partial charge on any atom is 0.411 e.